The fraction of sp³-hybridized carbons (Fsp3) is 0.652. The molecule has 344 valence electrons. The molecule has 1 saturated heterocycles. The third-order valence-electron chi connectivity index (χ3n) is 11.8. The molecule has 2 aromatic rings. The van der Waals surface area contributed by atoms with Crippen LogP contribution in [0.3, 0.4) is 0 Å². The highest BCUT2D eigenvalue weighted by Crippen LogP contribution is 2.08. The zero-order valence-electron chi connectivity index (χ0n) is 37.3. The third-order valence-corrected chi connectivity index (χ3v) is 11.8. The molecule has 3 aliphatic heterocycles. The van der Waals surface area contributed by atoms with Gasteiger partial charge in [0.2, 0.25) is 23.6 Å². The summed E-state index contributed by atoms with van der Waals surface area (Å²) in [5, 5.41) is 26.2. The molecule has 8 N–H and O–H groups in total. The number of nitrogens with one attached hydrogen (secondary N) is 8. The smallest absolute Gasteiger partial charge is 0.221 e. The van der Waals surface area contributed by atoms with Gasteiger partial charge in [-0.25, -0.2) is 0 Å². The fourth-order valence-electron chi connectivity index (χ4n) is 8.13. The second-order valence-electron chi connectivity index (χ2n) is 16.8. The summed E-state index contributed by atoms with van der Waals surface area (Å²) in [6, 6.07) is 16.9. The highest BCUT2D eigenvalue weighted by Gasteiger charge is 2.18. The minimum Gasteiger partial charge on any atom is -0.355 e. The van der Waals surface area contributed by atoms with E-state index in [0.29, 0.717) is 104 Å². The van der Waals surface area contributed by atoms with Crippen molar-refractivity contribution < 1.29 is 19.2 Å². The van der Waals surface area contributed by atoms with Crippen LogP contribution in [0.15, 0.2) is 48.5 Å². The summed E-state index contributed by atoms with van der Waals surface area (Å²) < 4.78 is 0. The van der Waals surface area contributed by atoms with Crippen molar-refractivity contribution in [1.29, 1.82) is 0 Å². The molecule has 2 aromatic carbocycles. The van der Waals surface area contributed by atoms with Crippen LogP contribution in [0.25, 0.3) is 0 Å². The van der Waals surface area contributed by atoms with Crippen molar-refractivity contribution in [3.63, 3.8) is 0 Å². The number of carbonyl (C=O) groups is 4. The number of amides is 4. The van der Waals surface area contributed by atoms with E-state index >= 15 is 0 Å². The largest absolute Gasteiger partial charge is 0.355 e. The van der Waals surface area contributed by atoms with E-state index in [0.717, 1.165) is 91.4 Å². The molecule has 62 heavy (non-hydrogen) atoms. The van der Waals surface area contributed by atoms with Gasteiger partial charge in [0.15, 0.2) is 0 Å². The van der Waals surface area contributed by atoms with Gasteiger partial charge in [0.1, 0.15) is 0 Å². The Balaban J connectivity index is 1.25. The van der Waals surface area contributed by atoms with E-state index in [9.17, 15) is 19.2 Å². The molecule has 4 amide bonds. The highest BCUT2D eigenvalue weighted by molar-refractivity contribution is 5.77. The van der Waals surface area contributed by atoms with Crippen LogP contribution >= 0.6 is 0 Å². The van der Waals surface area contributed by atoms with Crippen LogP contribution in [-0.2, 0) is 45.4 Å². The van der Waals surface area contributed by atoms with Gasteiger partial charge in [-0.1, -0.05) is 48.5 Å². The van der Waals surface area contributed by atoms with Crippen LogP contribution in [0, 0.1) is 0 Å². The van der Waals surface area contributed by atoms with Crippen molar-refractivity contribution in [2.24, 2.45) is 0 Å². The van der Waals surface area contributed by atoms with Crippen LogP contribution in [0.5, 0.6) is 0 Å². The minimum absolute atomic E-state index is 0.0477. The molecule has 5 rings (SSSR count). The molecule has 0 aliphatic carbocycles. The van der Waals surface area contributed by atoms with Crippen molar-refractivity contribution in [2.45, 2.75) is 64.7 Å². The van der Waals surface area contributed by atoms with Crippen LogP contribution in [-0.4, -0.2) is 174 Å². The fourth-order valence-corrected chi connectivity index (χ4v) is 8.13. The Hall–Kier alpha value is -4.00. The number of hydrogen-bond donors (Lipinski definition) is 8. The maximum atomic E-state index is 13.1. The van der Waals surface area contributed by atoms with Crippen molar-refractivity contribution in [1.82, 2.24) is 62.1 Å². The van der Waals surface area contributed by atoms with Gasteiger partial charge in [-0.15, -0.1) is 0 Å². The molecular formula is C46H76N12O4. The predicted octanol–water partition coefficient (Wildman–Crippen LogP) is -0.201. The van der Waals surface area contributed by atoms with Crippen LogP contribution in [0.1, 0.15) is 60.8 Å². The van der Waals surface area contributed by atoms with Crippen LogP contribution < -0.4 is 42.5 Å². The molecule has 0 radical (unpaired) electrons. The number of rotatable bonds is 0. The zero-order valence-corrected chi connectivity index (χ0v) is 37.3. The van der Waals surface area contributed by atoms with Crippen molar-refractivity contribution in [2.75, 3.05) is 131 Å². The van der Waals surface area contributed by atoms with Gasteiger partial charge in [-0.3, -0.25) is 19.2 Å². The van der Waals surface area contributed by atoms with E-state index in [1.54, 1.807) is 0 Å². The van der Waals surface area contributed by atoms with Gasteiger partial charge in [-0.05, 0) is 61.3 Å². The minimum atomic E-state index is 0.0477. The first kappa shape index (κ1) is 49.0. The lowest BCUT2D eigenvalue weighted by Gasteiger charge is -2.32. The van der Waals surface area contributed by atoms with E-state index < -0.39 is 0 Å². The molecule has 3 heterocycles. The van der Waals surface area contributed by atoms with Gasteiger partial charge in [-0.2, -0.15) is 0 Å². The summed E-state index contributed by atoms with van der Waals surface area (Å²) in [5.74, 6) is 0.191. The van der Waals surface area contributed by atoms with Crippen LogP contribution in [0.4, 0.5) is 0 Å². The quantitative estimate of drug-likeness (QED) is 0.176. The van der Waals surface area contributed by atoms with E-state index in [2.05, 4.69) is 111 Å². The number of fused-ring (bicyclic) bond motifs is 12. The maximum absolute atomic E-state index is 13.1. The first-order valence-electron chi connectivity index (χ1n) is 23.3. The van der Waals surface area contributed by atoms with Gasteiger partial charge < -0.3 is 62.1 Å². The van der Waals surface area contributed by atoms with Gasteiger partial charge in [0.25, 0.3) is 0 Å². The molecule has 4 atom stereocenters. The SMILES string of the molecule is O=C1CCN2CCCN(CCC(=O)NCCNCc3cccc(c3)CNCCN1)CCN1CCCN(CCC(=O)NCCNCc3cccc(c3)CNCCNC(=O)CC1)CC2. The summed E-state index contributed by atoms with van der Waals surface area (Å²) in [7, 11) is 0. The molecule has 0 aromatic heterocycles. The predicted molar refractivity (Wildman–Crippen MR) is 245 cm³/mol. The molecule has 1 fully saturated rings. The lowest BCUT2D eigenvalue weighted by Crippen LogP contribution is -2.44. The number of hydrogen-bond acceptors (Lipinski definition) is 12. The number of nitrogens with zero attached hydrogens (tertiary/aromatic N) is 4. The van der Waals surface area contributed by atoms with E-state index in [-0.39, 0.29) is 23.6 Å². The summed E-state index contributed by atoms with van der Waals surface area (Å²) in [5.41, 5.74) is 4.76. The Morgan fingerprint density at radius 1 is 0.323 bits per heavy atom. The van der Waals surface area contributed by atoms with Gasteiger partial charge in [0, 0.05) is 157 Å². The Morgan fingerprint density at radius 2 is 0.581 bits per heavy atom. The summed E-state index contributed by atoms with van der Waals surface area (Å²) in [6.45, 7) is 17.0. The average Bonchev–Trinajstić information content (AvgIpc) is 3.27. The zero-order chi connectivity index (χ0) is 43.5. The second kappa shape index (κ2) is 29.4. The molecular weight excluding hydrogens is 785 g/mol. The Bertz CT molecular complexity index is 1410. The van der Waals surface area contributed by atoms with Crippen molar-refractivity contribution in [3.05, 3.63) is 70.8 Å². The average molecular weight is 861 g/mol. The maximum Gasteiger partial charge on any atom is 0.221 e. The summed E-state index contributed by atoms with van der Waals surface area (Å²) >= 11 is 0. The molecule has 8 bridgehead atoms. The van der Waals surface area contributed by atoms with Crippen LogP contribution in [0.2, 0.25) is 0 Å². The number of carbonyl (C=O) groups excluding carboxylic acids is 4. The van der Waals surface area contributed by atoms with Gasteiger partial charge >= 0.3 is 0 Å². The topological polar surface area (TPSA) is 177 Å². The molecule has 3 aliphatic rings. The summed E-state index contributed by atoms with van der Waals surface area (Å²) in [6.07, 6.45) is 3.46. The third kappa shape index (κ3) is 20.9. The standard InChI is InChI=1S/C46H76N12O4/c59-43-9-25-55-21-3-22-56(26-10-44(60)52-18-14-48-36-40-6-1-5-39(33-40)35-47-13-17-51-43)30-32-58-24-4-23-57(31-29-55)27-11-45(61)53-19-15-49-37-41-7-2-8-42(34-41)38-50-16-20-54-46(62)12-28-58/h1-2,5-8,33-34,47-50H,3-4,9-32,35-38H2,(H,51,59)(H,52,60)(H,53,61)(H,54,62). The summed E-state index contributed by atoms with van der Waals surface area (Å²) in [4.78, 5) is 61.8. The first-order chi connectivity index (χ1) is 30.4. The first-order valence-corrected chi connectivity index (χ1v) is 23.3. The lowest BCUT2D eigenvalue weighted by molar-refractivity contribution is -0.122. The molecule has 16 nitrogen and oxygen atoms in total. The van der Waals surface area contributed by atoms with E-state index in [1.165, 1.54) is 22.3 Å². The molecule has 16 heteroatoms. The monoisotopic (exact) mass is 861 g/mol. The van der Waals surface area contributed by atoms with E-state index in [4.69, 9.17) is 0 Å². The second-order valence-corrected chi connectivity index (χ2v) is 16.8. The Labute approximate surface area is 370 Å². The molecule has 0 spiro atoms. The Morgan fingerprint density at radius 3 is 0.839 bits per heavy atom. The van der Waals surface area contributed by atoms with Crippen molar-refractivity contribution >= 4 is 23.6 Å². The molecule has 0 saturated carbocycles. The number of benzene rings is 2. The highest BCUT2D eigenvalue weighted by atomic mass is 16.2. The van der Waals surface area contributed by atoms with E-state index in [1.807, 2.05) is 0 Å². The van der Waals surface area contributed by atoms with Crippen molar-refractivity contribution in [3.8, 4) is 0 Å². The normalized spacial score (nSPS) is 25.8. The van der Waals surface area contributed by atoms with Gasteiger partial charge in [0.05, 0.1) is 0 Å². The lowest BCUT2D eigenvalue weighted by atomic mass is 10.1. The molecule has 4 unspecified atom stereocenters. The Kier molecular flexibility index (Phi) is 23.2.